The number of hydrogen-bond acceptors (Lipinski definition) is 5. The van der Waals surface area contributed by atoms with E-state index in [2.05, 4.69) is 55.8 Å². The summed E-state index contributed by atoms with van der Waals surface area (Å²) < 4.78 is 14.9. The molecule has 3 aromatic heterocycles. The molecule has 154 valence electrons. The van der Waals surface area contributed by atoms with Crippen LogP contribution in [0.5, 0.6) is 0 Å². The van der Waals surface area contributed by atoms with Crippen LogP contribution in [0, 0.1) is 0 Å². The van der Waals surface area contributed by atoms with Gasteiger partial charge in [-0.3, -0.25) is 4.98 Å². The van der Waals surface area contributed by atoms with Gasteiger partial charge in [0.1, 0.15) is 17.1 Å². The molecule has 1 aliphatic carbocycles. The Balaban J connectivity index is 1.52. The second kappa shape index (κ2) is 7.17. The van der Waals surface area contributed by atoms with Crippen molar-refractivity contribution in [1.82, 2.24) is 19.7 Å². The van der Waals surface area contributed by atoms with Gasteiger partial charge in [-0.2, -0.15) is 0 Å². The molecule has 1 saturated carbocycles. The molecule has 0 bridgehead atoms. The Bertz CT molecular complexity index is 1240. The van der Waals surface area contributed by atoms with E-state index in [4.69, 9.17) is 14.2 Å². The monoisotopic (exact) mass is 466 g/mol. The first kappa shape index (κ1) is 18.5. The minimum atomic E-state index is 0.238. The summed E-state index contributed by atoms with van der Waals surface area (Å²) in [5, 5.41) is 5.47. The number of aromatic nitrogens is 4. The molecule has 4 aromatic rings. The number of fused-ring (bicyclic) bond motifs is 3. The summed E-state index contributed by atoms with van der Waals surface area (Å²) in [7, 11) is 0. The molecule has 7 heteroatoms. The van der Waals surface area contributed by atoms with Gasteiger partial charge in [-0.15, -0.1) is 0 Å². The molecule has 1 saturated heterocycles. The quantitative estimate of drug-likeness (QED) is 0.394. The van der Waals surface area contributed by atoms with E-state index < -0.39 is 0 Å². The van der Waals surface area contributed by atoms with Gasteiger partial charge >= 0.3 is 0 Å². The fraction of sp³-hybridized carbons (Fsp3) is 0.435. The zero-order chi connectivity index (χ0) is 20.2. The average Bonchev–Trinajstić information content (AvgIpc) is 3.37. The molecular formula is C23H23BrN4O2. The number of nitrogens with zero attached hydrogens (tertiary/aromatic N) is 4. The Hall–Kier alpha value is -2.25. The smallest absolute Gasteiger partial charge is 0.140 e. The van der Waals surface area contributed by atoms with Crippen LogP contribution in [-0.4, -0.2) is 32.4 Å². The molecule has 6 rings (SSSR count). The molecule has 2 fully saturated rings. The van der Waals surface area contributed by atoms with Crippen LogP contribution in [0.2, 0.25) is 0 Å². The summed E-state index contributed by atoms with van der Waals surface area (Å²) in [4.78, 5) is 9.67. The Morgan fingerprint density at radius 3 is 2.90 bits per heavy atom. The normalized spacial score (nSPS) is 22.2. The Morgan fingerprint density at radius 1 is 1.17 bits per heavy atom. The van der Waals surface area contributed by atoms with Gasteiger partial charge in [0.2, 0.25) is 0 Å². The van der Waals surface area contributed by atoms with Crippen molar-refractivity contribution in [2.75, 3.05) is 6.61 Å². The first-order chi connectivity index (χ1) is 14.7. The number of rotatable bonds is 4. The Morgan fingerprint density at radius 2 is 2.07 bits per heavy atom. The maximum atomic E-state index is 5.84. The molecule has 0 amide bonds. The van der Waals surface area contributed by atoms with Crippen molar-refractivity contribution in [2.45, 2.75) is 57.1 Å². The minimum absolute atomic E-state index is 0.238. The second-order valence-corrected chi connectivity index (χ2v) is 9.50. The molecule has 0 radical (unpaired) electrons. The van der Waals surface area contributed by atoms with E-state index in [1.807, 2.05) is 12.3 Å². The van der Waals surface area contributed by atoms with Crippen LogP contribution in [0.25, 0.3) is 21.9 Å². The van der Waals surface area contributed by atoms with Gasteiger partial charge in [0.05, 0.1) is 35.4 Å². The largest absolute Gasteiger partial charge is 0.378 e. The van der Waals surface area contributed by atoms with Crippen molar-refractivity contribution in [2.24, 2.45) is 0 Å². The molecule has 1 aromatic carbocycles. The van der Waals surface area contributed by atoms with Crippen LogP contribution in [0.3, 0.4) is 0 Å². The third kappa shape index (κ3) is 3.24. The van der Waals surface area contributed by atoms with Crippen molar-refractivity contribution in [3.63, 3.8) is 0 Å². The number of hydrogen-bond donors (Lipinski definition) is 0. The highest BCUT2D eigenvalue weighted by Gasteiger charge is 2.29. The number of pyridine rings is 1. The van der Waals surface area contributed by atoms with Gasteiger partial charge in [-0.05, 0) is 50.8 Å². The zero-order valence-electron chi connectivity index (χ0n) is 16.8. The average molecular weight is 467 g/mol. The molecule has 1 unspecified atom stereocenters. The number of halogens is 1. The minimum Gasteiger partial charge on any atom is -0.378 e. The van der Waals surface area contributed by atoms with E-state index in [0.717, 1.165) is 63.1 Å². The molecule has 2 atom stereocenters. The fourth-order valence-corrected chi connectivity index (χ4v) is 5.02. The van der Waals surface area contributed by atoms with E-state index in [-0.39, 0.29) is 6.10 Å². The summed E-state index contributed by atoms with van der Waals surface area (Å²) in [6.45, 7) is 2.92. The lowest BCUT2D eigenvalue weighted by atomic mass is 10.0. The lowest BCUT2D eigenvalue weighted by Crippen LogP contribution is -2.26. The van der Waals surface area contributed by atoms with Crippen LogP contribution >= 0.6 is 15.9 Å². The lowest BCUT2D eigenvalue weighted by molar-refractivity contribution is 0.00630. The molecule has 0 spiro atoms. The van der Waals surface area contributed by atoms with Crippen molar-refractivity contribution in [3.05, 3.63) is 52.2 Å². The second-order valence-electron chi connectivity index (χ2n) is 8.58. The van der Waals surface area contributed by atoms with E-state index >= 15 is 0 Å². The molecular weight excluding hydrogens is 444 g/mol. The fourth-order valence-electron chi connectivity index (χ4n) is 4.66. The van der Waals surface area contributed by atoms with Crippen molar-refractivity contribution < 1.29 is 9.26 Å². The van der Waals surface area contributed by atoms with Crippen LogP contribution in [0.15, 0.2) is 39.5 Å². The molecule has 0 N–H and O–H groups in total. The molecule has 1 aliphatic heterocycles. The number of ether oxygens (including phenoxy) is 1. The van der Waals surface area contributed by atoms with Gasteiger partial charge in [0.15, 0.2) is 0 Å². The van der Waals surface area contributed by atoms with Gasteiger partial charge in [0.25, 0.3) is 0 Å². The summed E-state index contributed by atoms with van der Waals surface area (Å²) in [6, 6.07) is 8.70. The first-order valence-corrected chi connectivity index (χ1v) is 11.5. The molecule has 4 heterocycles. The van der Waals surface area contributed by atoms with Crippen molar-refractivity contribution in [3.8, 4) is 0 Å². The summed E-state index contributed by atoms with van der Waals surface area (Å²) in [5.74, 6) is 2.60. The number of benzene rings is 1. The van der Waals surface area contributed by atoms with Crippen LogP contribution < -0.4 is 0 Å². The topological polar surface area (TPSA) is 66.0 Å². The number of imidazole rings is 1. The van der Waals surface area contributed by atoms with E-state index in [1.54, 1.807) is 0 Å². The maximum absolute atomic E-state index is 5.84. The predicted molar refractivity (Wildman–Crippen MR) is 118 cm³/mol. The van der Waals surface area contributed by atoms with Crippen LogP contribution in [0.4, 0.5) is 0 Å². The maximum Gasteiger partial charge on any atom is 0.140 e. The lowest BCUT2D eigenvalue weighted by Gasteiger charge is -2.30. The van der Waals surface area contributed by atoms with Gasteiger partial charge in [-0.1, -0.05) is 21.1 Å². The molecule has 6 nitrogen and oxygen atoms in total. The van der Waals surface area contributed by atoms with Crippen LogP contribution in [-0.2, 0) is 11.2 Å². The summed E-state index contributed by atoms with van der Waals surface area (Å²) in [5.41, 5.74) is 4.02. The summed E-state index contributed by atoms with van der Waals surface area (Å²) >= 11 is 3.63. The SMILES string of the molecule is C[C@@H]1CC(n2c(Cc3cc(C4CC4)on3)nc3cnc4ccc(Br)cc4c32)CCO1. The van der Waals surface area contributed by atoms with E-state index in [0.29, 0.717) is 18.4 Å². The first-order valence-electron chi connectivity index (χ1n) is 10.7. The zero-order valence-corrected chi connectivity index (χ0v) is 18.4. The molecule has 2 aliphatic rings. The third-order valence-electron chi connectivity index (χ3n) is 6.27. The Labute approximate surface area is 182 Å². The highest BCUT2D eigenvalue weighted by Crippen LogP contribution is 2.40. The Kier molecular flexibility index (Phi) is 4.42. The third-order valence-corrected chi connectivity index (χ3v) is 6.76. The van der Waals surface area contributed by atoms with E-state index in [1.165, 1.54) is 12.8 Å². The van der Waals surface area contributed by atoms with Crippen molar-refractivity contribution >= 4 is 37.9 Å². The van der Waals surface area contributed by atoms with Crippen LogP contribution in [0.1, 0.15) is 61.8 Å². The molecule has 30 heavy (non-hydrogen) atoms. The van der Waals surface area contributed by atoms with Gasteiger partial charge in [0, 0.05) is 34.5 Å². The standard InChI is InChI=1S/C23H23BrN4O2/c1-13-8-17(6-7-29-13)28-22(11-16-10-21(30-27-16)14-2-3-14)26-20-12-25-19-5-4-15(24)9-18(19)23(20)28/h4-5,9-10,12-14,17H,2-3,6-8,11H2,1H3/t13-,17?/m1/s1. The predicted octanol–water partition coefficient (Wildman–Crippen LogP) is 5.54. The summed E-state index contributed by atoms with van der Waals surface area (Å²) in [6.07, 6.45) is 7.16. The highest BCUT2D eigenvalue weighted by atomic mass is 79.9. The van der Waals surface area contributed by atoms with E-state index in [9.17, 15) is 0 Å². The van der Waals surface area contributed by atoms with Gasteiger partial charge in [-0.25, -0.2) is 4.98 Å². The van der Waals surface area contributed by atoms with Gasteiger partial charge < -0.3 is 13.8 Å². The highest BCUT2D eigenvalue weighted by molar-refractivity contribution is 9.10. The van der Waals surface area contributed by atoms with Crippen molar-refractivity contribution in [1.29, 1.82) is 0 Å².